The number of rotatable bonds is 5. The molecule has 1 aromatic rings. The van der Waals surface area contributed by atoms with Crippen LogP contribution in [0.2, 0.25) is 0 Å². The van der Waals surface area contributed by atoms with Gasteiger partial charge in [-0.2, -0.15) is 0 Å². The summed E-state index contributed by atoms with van der Waals surface area (Å²) >= 11 is 0. The van der Waals surface area contributed by atoms with Gasteiger partial charge in [-0.1, -0.05) is 0 Å². The SMILES string of the molecule is CC(=O)c1ccc(OCCO)cc1[N+](=O)[O-]. The number of hydrogen-bond donors (Lipinski definition) is 1. The number of aliphatic hydroxyl groups excluding tert-OH is 1. The molecule has 0 amide bonds. The maximum atomic E-state index is 11.1. The lowest BCUT2D eigenvalue weighted by atomic mass is 10.1. The minimum atomic E-state index is -0.636. The maximum Gasteiger partial charge on any atom is 0.283 e. The van der Waals surface area contributed by atoms with E-state index in [9.17, 15) is 14.9 Å². The average molecular weight is 225 g/mol. The monoisotopic (exact) mass is 225 g/mol. The molecule has 16 heavy (non-hydrogen) atoms. The summed E-state index contributed by atoms with van der Waals surface area (Å²) in [7, 11) is 0. The van der Waals surface area contributed by atoms with E-state index in [1.807, 2.05) is 0 Å². The first-order chi connectivity index (χ1) is 7.56. The Hall–Kier alpha value is -1.95. The number of ether oxygens (including phenoxy) is 1. The summed E-state index contributed by atoms with van der Waals surface area (Å²) in [6, 6.07) is 3.97. The number of hydrogen-bond acceptors (Lipinski definition) is 5. The van der Waals surface area contributed by atoms with E-state index >= 15 is 0 Å². The van der Waals surface area contributed by atoms with Crippen LogP contribution < -0.4 is 4.74 Å². The molecule has 6 heteroatoms. The van der Waals surface area contributed by atoms with E-state index in [1.165, 1.54) is 25.1 Å². The highest BCUT2D eigenvalue weighted by Crippen LogP contribution is 2.24. The predicted molar refractivity (Wildman–Crippen MR) is 55.7 cm³/mol. The zero-order valence-electron chi connectivity index (χ0n) is 8.67. The fourth-order valence-electron chi connectivity index (χ4n) is 1.21. The third kappa shape index (κ3) is 2.77. The van der Waals surface area contributed by atoms with E-state index in [4.69, 9.17) is 9.84 Å². The fourth-order valence-corrected chi connectivity index (χ4v) is 1.21. The lowest BCUT2D eigenvalue weighted by molar-refractivity contribution is -0.385. The molecule has 0 heterocycles. The van der Waals surface area contributed by atoms with Gasteiger partial charge >= 0.3 is 0 Å². The van der Waals surface area contributed by atoms with Gasteiger partial charge in [0.1, 0.15) is 12.4 Å². The Morgan fingerprint density at radius 1 is 1.56 bits per heavy atom. The number of nitro groups is 1. The van der Waals surface area contributed by atoms with Crippen LogP contribution in [0.1, 0.15) is 17.3 Å². The second kappa shape index (κ2) is 5.22. The molecule has 0 atom stereocenters. The van der Waals surface area contributed by atoms with Crippen molar-refractivity contribution in [3.8, 4) is 5.75 Å². The highest BCUT2D eigenvalue weighted by atomic mass is 16.6. The molecule has 0 spiro atoms. The third-order valence-electron chi connectivity index (χ3n) is 1.91. The molecule has 1 rings (SSSR count). The number of aliphatic hydroxyl groups is 1. The molecule has 0 aromatic heterocycles. The van der Waals surface area contributed by atoms with Crippen LogP contribution in [-0.2, 0) is 0 Å². The molecule has 86 valence electrons. The standard InChI is InChI=1S/C10H11NO5/c1-7(13)9-3-2-8(16-5-4-12)6-10(9)11(14)15/h2-3,6,12H,4-5H2,1H3. The zero-order chi connectivity index (χ0) is 12.1. The number of carbonyl (C=O) groups is 1. The Labute approximate surface area is 91.6 Å². The lowest BCUT2D eigenvalue weighted by Crippen LogP contribution is -2.04. The van der Waals surface area contributed by atoms with Gasteiger partial charge in [0.25, 0.3) is 5.69 Å². The summed E-state index contributed by atoms with van der Waals surface area (Å²) in [6.07, 6.45) is 0. The highest BCUT2D eigenvalue weighted by Gasteiger charge is 2.18. The Kier molecular flexibility index (Phi) is 3.96. The Morgan fingerprint density at radius 3 is 2.75 bits per heavy atom. The minimum absolute atomic E-state index is 0.0429. The van der Waals surface area contributed by atoms with E-state index in [0.29, 0.717) is 0 Å². The lowest BCUT2D eigenvalue weighted by Gasteiger charge is -2.05. The summed E-state index contributed by atoms with van der Waals surface area (Å²) < 4.78 is 5.01. The molecule has 0 saturated carbocycles. The van der Waals surface area contributed by atoms with Gasteiger partial charge in [0, 0.05) is 0 Å². The van der Waals surface area contributed by atoms with Crippen molar-refractivity contribution in [1.29, 1.82) is 0 Å². The average Bonchev–Trinajstić information content (AvgIpc) is 2.25. The predicted octanol–water partition coefficient (Wildman–Crippen LogP) is 1.17. The van der Waals surface area contributed by atoms with Crippen LogP contribution >= 0.6 is 0 Å². The van der Waals surface area contributed by atoms with Crippen molar-refractivity contribution in [2.24, 2.45) is 0 Å². The molecule has 0 fully saturated rings. The molecule has 0 aliphatic rings. The number of carbonyl (C=O) groups excluding carboxylic acids is 1. The van der Waals surface area contributed by atoms with Gasteiger partial charge in [-0.05, 0) is 19.1 Å². The molecule has 1 aromatic carbocycles. The number of nitro benzene ring substituents is 1. The first-order valence-electron chi connectivity index (χ1n) is 4.59. The van der Waals surface area contributed by atoms with E-state index in [-0.39, 0.29) is 36.0 Å². The second-order valence-corrected chi connectivity index (χ2v) is 3.06. The van der Waals surface area contributed by atoms with Crippen molar-refractivity contribution in [1.82, 2.24) is 0 Å². The number of nitrogens with zero attached hydrogens (tertiary/aromatic N) is 1. The van der Waals surface area contributed by atoms with Crippen molar-refractivity contribution in [2.45, 2.75) is 6.92 Å². The summed E-state index contributed by atoms with van der Waals surface area (Å²) in [5.41, 5.74) is -0.246. The molecular formula is C10H11NO5. The quantitative estimate of drug-likeness (QED) is 0.461. The van der Waals surface area contributed by atoms with E-state index in [0.717, 1.165) is 0 Å². The molecule has 6 nitrogen and oxygen atoms in total. The molecule has 0 bridgehead atoms. The third-order valence-corrected chi connectivity index (χ3v) is 1.91. The fraction of sp³-hybridized carbons (Fsp3) is 0.300. The number of Topliss-reactive ketones (excluding diaryl/α,β-unsaturated/α-hetero) is 1. The molecule has 1 N–H and O–H groups in total. The van der Waals surface area contributed by atoms with E-state index in [2.05, 4.69) is 0 Å². The van der Waals surface area contributed by atoms with E-state index in [1.54, 1.807) is 0 Å². The summed E-state index contributed by atoms with van der Waals surface area (Å²) in [4.78, 5) is 21.2. The Bertz CT molecular complexity index is 416. The molecule has 0 radical (unpaired) electrons. The molecule has 0 unspecified atom stereocenters. The molecule has 0 aliphatic heterocycles. The van der Waals surface area contributed by atoms with Crippen LogP contribution in [0.25, 0.3) is 0 Å². The minimum Gasteiger partial charge on any atom is -0.491 e. The van der Waals surface area contributed by atoms with Crippen molar-refractivity contribution < 1.29 is 19.6 Å². The van der Waals surface area contributed by atoms with Crippen LogP contribution in [0.3, 0.4) is 0 Å². The topological polar surface area (TPSA) is 89.7 Å². The van der Waals surface area contributed by atoms with Gasteiger partial charge < -0.3 is 9.84 Å². The van der Waals surface area contributed by atoms with Crippen LogP contribution in [0.5, 0.6) is 5.75 Å². The first-order valence-corrected chi connectivity index (χ1v) is 4.59. The second-order valence-electron chi connectivity index (χ2n) is 3.06. The van der Waals surface area contributed by atoms with Gasteiger partial charge in [-0.25, -0.2) is 0 Å². The smallest absolute Gasteiger partial charge is 0.283 e. The van der Waals surface area contributed by atoms with Crippen molar-refractivity contribution >= 4 is 11.5 Å². The first kappa shape index (κ1) is 12.1. The van der Waals surface area contributed by atoms with Crippen LogP contribution in [-0.4, -0.2) is 29.0 Å². The maximum absolute atomic E-state index is 11.1. The van der Waals surface area contributed by atoms with Crippen LogP contribution in [0, 0.1) is 10.1 Å². The molecule has 0 saturated heterocycles. The largest absolute Gasteiger partial charge is 0.491 e. The normalized spacial score (nSPS) is 9.88. The summed E-state index contributed by atoms with van der Waals surface area (Å²) in [6.45, 7) is 1.13. The number of benzene rings is 1. The molecular weight excluding hydrogens is 214 g/mol. The Morgan fingerprint density at radius 2 is 2.25 bits per heavy atom. The van der Waals surface area contributed by atoms with Gasteiger partial charge in [-0.15, -0.1) is 0 Å². The number of ketones is 1. The van der Waals surface area contributed by atoms with Gasteiger partial charge in [-0.3, -0.25) is 14.9 Å². The van der Waals surface area contributed by atoms with Crippen molar-refractivity contribution in [2.75, 3.05) is 13.2 Å². The van der Waals surface area contributed by atoms with Gasteiger partial charge in [0.05, 0.1) is 23.2 Å². The van der Waals surface area contributed by atoms with E-state index < -0.39 is 4.92 Å². The summed E-state index contributed by atoms with van der Waals surface area (Å²) in [5.74, 6) is -0.119. The van der Waals surface area contributed by atoms with Crippen LogP contribution in [0.15, 0.2) is 18.2 Å². The summed E-state index contributed by atoms with van der Waals surface area (Å²) in [5, 5.41) is 19.2. The zero-order valence-corrected chi connectivity index (χ0v) is 8.67. The highest BCUT2D eigenvalue weighted by molar-refractivity contribution is 5.98. The van der Waals surface area contributed by atoms with Gasteiger partial charge in [0.2, 0.25) is 0 Å². The Balaban J connectivity index is 3.07. The van der Waals surface area contributed by atoms with Crippen molar-refractivity contribution in [3.05, 3.63) is 33.9 Å². The van der Waals surface area contributed by atoms with Crippen LogP contribution in [0.4, 0.5) is 5.69 Å². The van der Waals surface area contributed by atoms with Crippen molar-refractivity contribution in [3.63, 3.8) is 0 Å². The molecule has 0 aliphatic carbocycles. The van der Waals surface area contributed by atoms with Gasteiger partial charge in [0.15, 0.2) is 5.78 Å².